The second-order valence-corrected chi connectivity index (χ2v) is 7.31. The molecular formula is C21H25N3O3. The summed E-state index contributed by atoms with van der Waals surface area (Å²) < 4.78 is 9.31. The molecule has 1 aliphatic heterocycles. The Kier molecular flexibility index (Phi) is 4.50. The van der Waals surface area contributed by atoms with Crippen molar-refractivity contribution in [1.82, 2.24) is 14.1 Å². The first-order valence-corrected chi connectivity index (χ1v) is 9.79. The normalized spacial score (nSPS) is 16.2. The molecule has 6 nitrogen and oxygen atoms in total. The third-order valence-electron chi connectivity index (χ3n) is 5.52. The maximum Gasteiger partial charge on any atom is 0.343 e. The summed E-state index contributed by atoms with van der Waals surface area (Å²) in [5.41, 5.74) is 3.55. The largest absolute Gasteiger partial charge is 0.462 e. The van der Waals surface area contributed by atoms with Gasteiger partial charge in [0.05, 0.1) is 29.4 Å². The Morgan fingerprint density at radius 3 is 2.93 bits per heavy atom. The maximum atomic E-state index is 13.3. The fraction of sp³-hybridized carbons (Fsp3) is 0.476. The van der Waals surface area contributed by atoms with Gasteiger partial charge in [-0.05, 0) is 44.7 Å². The standard InChI is InChI=1S/C21H25N3O3/c1-4-6-9-23-12-22-18-16(23)10-14-8-7-13(3)24-11-15(21(26)27-5-2)20(25)17(18)19(14)24/h10-13H,4-9H2,1-3H3. The highest BCUT2D eigenvalue weighted by molar-refractivity contribution is 6.07. The molecule has 27 heavy (non-hydrogen) atoms. The van der Waals surface area contributed by atoms with Gasteiger partial charge >= 0.3 is 5.97 Å². The number of ether oxygens (including phenoxy) is 1. The third kappa shape index (κ3) is 2.74. The van der Waals surface area contributed by atoms with Crippen LogP contribution in [0, 0.1) is 0 Å². The highest BCUT2D eigenvalue weighted by atomic mass is 16.5. The molecule has 0 spiro atoms. The summed E-state index contributed by atoms with van der Waals surface area (Å²) in [6.45, 7) is 7.14. The minimum absolute atomic E-state index is 0.0969. The van der Waals surface area contributed by atoms with Crippen LogP contribution >= 0.6 is 0 Å². The fourth-order valence-corrected chi connectivity index (χ4v) is 4.05. The Hall–Kier alpha value is -2.63. The molecule has 0 saturated heterocycles. The van der Waals surface area contributed by atoms with Gasteiger partial charge in [-0.15, -0.1) is 0 Å². The lowest BCUT2D eigenvalue weighted by Gasteiger charge is -2.26. The number of carbonyl (C=O) groups excluding carboxylic acids is 1. The summed E-state index contributed by atoms with van der Waals surface area (Å²) in [7, 11) is 0. The first-order valence-electron chi connectivity index (χ1n) is 9.79. The van der Waals surface area contributed by atoms with E-state index in [1.165, 1.54) is 0 Å². The SMILES string of the molecule is CCCCn1cnc2c3c(=O)c(C(=O)OCC)cn4c3c(cc21)CCC4C. The number of hydrogen-bond donors (Lipinski definition) is 0. The molecule has 0 N–H and O–H groups in total. The van der Waals surface area contributed by atoms with Crippen LogP contribution in [0.4, 0.5) is 0 Å². The fourth-order valence-electron chi connectivity index (χ4n) is 4.05. The molecule has 0 aliphatic carbocycles. The zero-order chi connectivity index (χ0) is 19.1. The van der Waals surface area contributed by atoms with E-state index in [-0.39, 0.29) is 23.6 Å². The first-order chi connectivity index (χ1) is 13.1. The molecule has 4 rings (SSSR count). The van der Waals surface area contributed by atoms with Crippen LogP contribution in [0.25, 0.3) is 21.9 Å². The number of aromatic nitrogens is 3. The molecule has 2 aromatic heterocycles. The van der Waals surface area contributed by atoms with Gasteiger partial charge in [0, 0.05) is 18.8 Å². The second-order valence-electron chi connectivity index (χ2n) is 7.31. The maximum absolute atomic E-state index is 13.3. The number of nitrogens with zero attached hydrogens (tertiary/aromatic N) is 3. The lowest BCUT2D eigenvalue weighted by atomic mass is 9.95. The summed E-state index contributed by atoms with van der Waals surface area (Å²) in [6.07, 6.45) is 7.54. The monoisotopic (exact) mass is 367 g/mol. The van der Waals surface area contributed by atoms with Gasteiger partial charge in [0.1, 0.15) is 11.1 Å². The van der Waals surface area contributed by atoms with Gasteiger partial charge in [-0.3, -0.25) is 4.79 Å². The van der Waals surface area contributed by atoms with Gasteiger partial charge in [0.15, 0.2) is 0 Å². The minimum Gasteiger partial charge on any atom is -0.462 e. The number of hydrogen-bond acceptors (Lipinski definition) is 4. The lowest BCUT2D eigenvalue weighted by Crippen LogP contribution is -2.25. The molecule has 0 bridgehead atoms. The summed E-state index contributed by atoms with van der Waals surface area (Å²) in [5, 5.41) is 0.551. The number of unbranched alkanes of at least 4 members (excludes halogenated alkanes) is 1. The Bertz CT molecular complexity index is 1090. The van der Waals surface area contributed by atoms with Gasteiger partial charge in [-0.2, -0.15) is 0 Å². The van der Waals surface area contributed by atoms with Gasteiger partial charge in [-0.25, -0.2) is 9.78 Å². The van der Waals surface area contributed by atoms with Gasteiger partial charge in [0.2, 0.25) is 5.43 Å². The van der Waals surface area contributed by atoms with E-state index in [2.05, 4.69) is 34.0 Å². The quantitative estimate of drug-likeness (QED) is 0.643. The van der Waals surface area contributed by atoms with Crippen LogP contribution in [0.5, 0.6) is 0 Å². The highest BCUT2D eigenvalue weighted by Crippen LogP contribution is 2.34. The predicted octanol–water partition coefficient (Wildman–Crippen LogP) is 3.84. The number of rotatable bonds is 5. The zero-order valence-electron chi connectivity index (χ0n) is 16.1. The van der Waals surface area contributed by atoms with Crippen LogP contribution in [0.15, 0.2) is 23.4 Å². The number of imidazole rings is 1. The molecule has 0 amide bonds. The minimum atomic E-state index is -0.560. The van der Waals surface area contributed by atoms with Crippen molar-refractivity contribution in [3.05, 3.63) is 39.9 Å². The number of aryl methyl sites for hydroxylation is 2. The van der Waals surface area contributed by atoms with Crippen molar-refractivity contribution in [3.8, 4) is 0 Å². The van der Waals surface area contributed by atoms with E-state index in [0.717, 1.165) is 48.8 Å². The predicted molar refractivity (Wildman–Crippen MR) is 105 cm³/mol. The van der Waals surface area contributed by atoms with Crippen molar-refractivity contribution in [2.24, 2.45) is 0 Å². The average molecular weight is 367 g/mol. The molecule has 3 aromatic rings. The van der Waals surface area contributed by atoms with Crippen LogP contribution in [-0.2, 0) is 17.7 Å². The molecule has 1 aliphatic rings. The van der Waals surface area contributed by atoms with Crippen molar-refractivity contribution < 1.29 is 9.53 Å². The summed E-state index contributed by atoms with van der Waals surface area (Å²) >= 11 is 0. The Labute approximate surface area is 157 Å². The van der Waals surface area contributed by atoms with Crippen molar-refractivity contribution in [2.75, 3.05) is 6.61 Å². The topological polar surface area (TPSA) is 66.1 Å². The molecule has 6 heteroatoms. The van der Waals surface area contributed by atoms with Gasteiger partial charge in [-0.1, -0.05) is 13.3 Å². The van der Waals surface area contributed by atoms with Crippen LogP contribution in [0.2, 0.25) is 0 Å². The van der Waals surface area contributed by atoms with E-state index < -0.39 is 5.97 Å². The average Bonchev–Trinajstić information content (AvgIpc) is 3.06. The molecule has 1 unspecified atom stereocenters. The van der Waals surface area contributed by atoms with E-state index in [9.17, 15) is 9.59 Å². The molecule has 0 saturated carbocycles. The molecule has 0 radical (unpaired) electrons. The Morgan fingerprint density at radius 1 is 1.37 bits per heavy atom. The van der Waals surface area contributed by atoms with Crippen LogP contribution in [0.3, 0.4) is 0 Å². The van der Waals surface area contributed by atoms with Crippen molar-refractivity contribution in [1.29, 1.82) is 0 Å². The summed E-state index contributed by atoms with van der Waals surface area (Å²) in [6, 6.07) is 2.39. The van der Waals surface area contributed by atoms with E-state index in [1.54, 1.807) is 13.1 Å². The first kappa shape index (κ1) is 17.8. The van der Waals surface area contributed by atoms with Crippen LogP contribution in [0.1, 0.15) is 62.0 Å². The molecule has 1 atom stereocenters. The Balaban J connectivity index is 2.08. The van der Waals surface area contributed by atoms with E-state index in [0.29, 0.717) is 10.9 Å². The van der Waals surface area contributed by atoms with Crippen molar-refractivity contribution in [2.45, 2.75) is 59.0 Å². The number of pyridine rings is 1. The van der Waals surface area contributed by atoms with E-state index in [4.69, 9.17) is 4.74 Å². The van der Waals surface area contributed by atoms with Crippen molar-refractivity contribution in [3.63, 3.8) is 0 Å². The van der Waals surface area contributed by atoms with Gasteiger partial charge < -0.3 is 13.9 Å². The molecule has 1 aromatic carbocycles. The molecule has 142 valence electrons. The Morgan fingerprint density at radius 2 is 2.19 bits per heavy atom. The summed E-state index contributed by atoms with van der Waals surface area (Å²) in [4.78, 5) is 30.2. The van der Waals surface area contributed by atoms with E-state index >= 15 is 0 Å². The second kappa shape index (κ2) is 6.83. The smallest absolute Gasteiger partial charge is 0.343 e. The zero-order valence-corrected chi connectivity index (χ0v) is 16.1. The lowest BCUT2D eigenvalue weighted by molar-refractivity contribution is 0.0524. The number of carbonyl (C=O) groups is 1. The van der Waals surface area contributed by atoms with E-state index in [1.807, 2.05) is 6.33 Å². The van der Waals surface area contributed by atoms with Crippen molar-refractivity contribution >= 4 is 27.9 Å². The van der Waals surface area contributed by atoms with Crippen LogP contribution in [-0.4, -0.2) is 26.7 Å². The molecule has 0 fully saturated rings. The summed E-state index contributed by atoms with van der Waals surface area (Å²) in [5.74, 6) is -0.560. The highest BCUT2D eigenvalue weighted by Gasteiger charge is 2.26. The molecule has 3 heterocycles. The molecular weight excluding hydrogens is 342 g/mol. The van der Waals surface area contributed by atoms with Gasteiger partial charge in [0.25, 0.3) is 0 Å². The number of benzene rings is 1. The number of fused-ring (bicyclic) bond motifs is 2. The van der Waals surface area contributed by atoms with Crippen LogP contribution < -0.4 is 5.43 Å². The number of esters is 1. The third-order valence-corrected chi connectivity index (χ3v) is 5.52.